The third kappa shape index (κ3) is 3.55. The van der Waals surface area contributed by atoms with Gasteiger partial charge in [-0.15, -0.1) is 0 Å². The molecule has 2 heterocycles. The predicted octanol–water partition coefficient (Wildman–Crippen LogP) is 3.37. The predicted molar refractivity (Wildman–Crippen MR) is 90.2 cm³/mol. The van der Waals surface area contributed by atoms with Crippen molar-refractivity contribution >= 4 is 5.71 Å². The van der Waals surface area contributed by atoms with Crippen LogP contribution < -0.4 is 4.74 Å². The number of ether oxygens (including phenoxy) is 1. The van der Waals surface area contributed by atoms with Gasteiger partial charge in [0.05, 0.1) is 5.69 Å². The van der Waals surface area contributed by atoms with Crippen LogP contribution >= 0.6 is 0 Å². The molecule has 3 rings (SSSR count). The maximum atomic E-state index is 5.92. The van der Waals surface area contributed by atoms with Gasteiger partial charge in [0.25, 0.3) is 0 Å². The van der Waals surface area contributed by atoms with Gasteiger partial charge in [0.1, 0.15) is 24.9 Å². The van der Waals surface area contributed by atoms with E-state index in [4.69, 9.17) is 9.57 Å². The zero-order valence-electron chi connectivity index (χ0n) is 13.4. The fourth-order valence-electron chi connectivity index (χ4n) is 2.18. The number of nitrogens with zero attached hydrogens (tertiary/aromatic N) is 4. The molecule has 0 saturated heterocycles. The van der Waals surface area contributed by atoms with Crippen molar-refractivity contribution in [2.45, 2.75) is 6.92 Å². The molecule has 0 aliphatic rings. The van der Waals surface area contributed by atoms with E-state index in [9.17, 15) is 0 Å². The fourth-order valence-corrected chi connectivity index (χ4v) is 2.18. The van der Waals surface area contributed by atoms with Crippen molar-refractivity contribution in [1.29, 1.82) is 0 Å². The highest BCUT2D eigenvalue weighted by molar-refractivity contribution is 6.13. The van der Waals surface area contributed by atoms with E-state index in [1.165, 1.54) is 13.4 Å². The molecular formula is C18H16N4O2. The van der Waals surface area contributed by atoms with Gasteiger partial charge in [-0.1, -0.05) is 23.4 Å². The van der Waals surface area contributed by atoms with Crippen LogP contribution in [0.25, 0.3) is 0 Å². The molecule has 0 bridgehead atoms. The Bertz CT molecular complexity index is 850. The summed E-state index contributed by atoms with van der Waals surface area (Å²) in [4.78, 5) is 17.6. The molecular weight excluding hydrogens is 304 g/mol. The minimum absolute atomic E-state index is 0.465. The van der Waals surface area contributed by atoms with Gasteiger partial charge in [0.15, 0.2) is 0 Å². The first-order valence-electron chi connectivity index (χ1n) is 7.36. The van der Waals surface area contributed by atoms with Crippen LogP contribution in [-0.2, 0) is 4.84 Å². The van der Waals surface area contributed by atoms with Gasteiger partial charge in [0, 0.05) is 23.5 Å². The lowest BCUT2D eigenvalue weighted by Crippen LogP contribution is -2.08. The highest BCUT2D eigenvalue weighted by Gasteiger charge is 2.15. The first-order chi connectivity index (χ1) is 11.8. The van der Waals surface area contributed by atoms with Gasteiger partial charge in [-0.05, 0) is 31.2 Å². The van der Waals surface area contributed by atoms with Crippen molar-refractivity contribution in [1.82, 2.24) is 15.0 Å². The Hall–Kier alpha value is -3.28. The van der Waals surface area contributed by atoms with Crippen LogP contribution in [0.3, 0.4) is 0 Å². The van der Waals surface area contributed by atoms with Gasteiger partial charge in [-0.2, -0.15) is 0 Å². The standard InChI is InChI=1S/C18H16N4O2/c1-13-11-17(21-12-20-13)24-16-9-4-3-7-14(16)18(22-23-2)15-8-5-6-10-19-15/h3-12H,1-2H3/b22-18+. The van der Waals surface area contributed by atoms with Crippen LogP contribution in [0.5, 0.6) is 11.6 Å². The second kappa shape index (κ2) is 7.32. The molecule has 0 aliphatic carbocycles. The number of para-hydroxylation sites is 1. The van der Waals surface area contributed by atoms with E-state index in [1.807, 2.05) is 49.4 Å². The molecule has 0 N–H and O–H groups in total. The van der Waals surface area contributed by atoms with Crippen molar-refractivity contribution in [3.05, 3.63) is 78.0 Å². The molecule has 3 aromatic rings. The van der Waals surface area contributed by atoms with E-state index in [-0.39, 0.29) is 0 Å². The summed E-state index contributed by atoms with van der Waals surface area (Å²) in [5, 5.41) is 4.13. The maximum absolute atomic E-state index is 5.92. The second-order valence-electron chi connectivity index (χ2n) is 4.93. The monoisotopic (exact) mass is 320 g/mol. The number of hydrogen-bond donors (Lipinski definition) is 0. The number of pyridine rings is 1. The van der Waals surface area contributed by atoms with E-state index in [0.29, 0.717) is 23.0 Å². The third-order valence-electron chi connectivity index (χ3n) is 3.23. The summed E-state index contributed by atoms with van der Waals surface area (Å²) in [5.41, 5.74) is 2.86. The Morgan fingerprint density at radius 2 is 1.83 bits per heavy atom. The highest BCUT2D eigenvalue weighted by atomic mass is 16.6. The average molecular weight is 320 g/mol. The SMILES string of the molecule is CO/N=C(/c1ccccn1)c1ccccc1Oc1cc(C)ncn1. The Morgan fingerprint density at radius 3 is 2.58 bits per heavy atom. The molecule has 0 spiro atoms. The molecule has 0 saturated carbocycles. The molecule has 0 radical (unpaired) electrons. The van der Waals surface area contributed by atoms with E-state index in [1.54, 1.807) is 12.3 Å². The summed E-state index contributed by atoms with van der Waals surface area (Å²) in [6, 6.07) is 14.9. The topological polar surface area (TPSA) is 69.5 Å². The second-order valence-corrected chi connectivity index (χ2v) is 4.93. The van der Waals surface area contributed by atoms with Gasteiger partial charge in [-0.3, -0.25) is 4.98 Å². The zero-order valence-corrected chi connectivity index (χ0v) is 13.4. The molecule has 0 fully saturated rings. The minimum atomic E-state index is 0.465. The van der Waals surface area contributed by atoms with E-state index in [2.05, 4.69) is 20.1 Å². The number of aromatic nitrogens is 3. The zero-order chi connectivity index (χ0) is 16.8. The molecule has 1 aromatic carbocycles. The number of hydrogen-bond acceptors (Lipinski definition) is 6. The smallest absolute Gasteiger partial charge is 0.222 e. The molecule has 120 valence electrons. The van der Waals surface area contributed by atoms with Crippen LogP contribution in [0, 0.1) is 6.92 Å². The molecule has 6 heteroatoms. The fraction of sp³-hybridized carbons (Fsp3) is 0.111. The largest absolute Gasteiger partial charge is 0.438 e. The lowest BCUT2D eigenvalue weighted by atomic mass is 10.1. The van der Waals surface area contributed by atoms with Gasteiger partial charge >= 0.3 is 0 Å². The van der Waals surface area contributed by atoms with Crippen molar-refractivity contribution in [3.8, 4) is 11.6 Å². The summed E-state index contributed by atoms with van der Waals surface area (Å²) in [6.07, 6.45) is 3.17. The molecule has 0 unspecified atom stereocenters. The maximum Gasteiger partial charge on any atom is 0.222 e. The summed E-state index contributed by atoms with van der Waals surface area (Å²) in [7, 11) is 1.50. The normalized spacial score (nSPS) is 11.2. The number of aryl methyl sites for hydroxylation is 1. The molecule has 24 heavy (non-hydrogen) atoms. The summed E-state index contributed by atoms with van der Waals surface area (Å²) >= 11 is 0. The first-order valence-corrected chi connectivity index (χ1v) is 7.36. The third-order valence-corrected chi connectivity index (χ3v) is 3.23. The summed E-state index contributed by atoms with van der Waals surface area (Å²) in [6.45, 7) is 1.88. The minimum Gasteiger partial charge on any atom is -0.438 e. The molecule has 0 amide bonds. The number of oxime groups is 1. The molecule has 6 nitrogen and oxygen atoms in total. The summed E-state index contributed by atoms with van der Waals surface area (Å²) in [5.74, 6) is 1.07. The van der Waals surface area contributed by atoms with Gasteiger partial charge in [-0.25, -0.2) is 9.97 Å². The quantitative estimate of drug-likeness (QED) is 0.532. The van der Waals surface area contributed by atoms with Crippen LogP contribution in [0.4, 0.5) is 0 Å². The van der Waals surface area contributed by atoms with Crippen LogP contribution in [-0.4, -0.2) is 27.8 Å². The van der Waals surface area contributed by atoms with Crippen molar-refractivity contribution < 1.29 is 9.57 Å². The lowest BCUT2D eigenvalue weighted by Gasteiger charge is -2.12. The van der Waals surface area contributed by atoms with Crippen LogP contribution in [0.1, 0.15) is 17.0 Å². The Labute approximate surface area is 139 Å². The van der Waals surface area contributed by atoms with E-state index >= 15 is 0 Å². The molecule has 0 atom stereocenters. The molecule has 0 aliphatic heterocycles. The van der Waals surface area contributed by atoms with Crippen molar-refractivity contribution in [3.63, 3.8) is 0 Å². The highest BCUT2D eigenvalue weighted by Crippen LogP contribution is 2.26. The lowest BCUT2D eigenvalue weighted by molar-refractivity contribution is 0.213. The Kier molecular flexibility index (Phi) is 4.76. The van der Waals surface area contributed by atoms with E-state index in [0.717, 1.165) is 11.3 Å². The van der Waals surface area contributed by atoms with Crippen molar-refractivity contribution in [2.24, 2.45) is 5.16 Å². The van der Waals surface area contributed by atoms with Crippen LogP contribution in [0.15, 0.2) is 66.2 Å². The van der Waals surface area contributed by atoms with Gasteiger partial charge < -0.3 is 9.57 Å². The first kappa shape index (κ1) is 15.6. The van der Waals surface area contributed by atoms with E-state index < -0.39 is 0 Å². The number of rotatable bonds is 5. The Balaban J connectivity index is 2.03. The number of benzene rings is 1. The van der Waals surface area contributed by atoms with Gasteiger partial charge in [0.2, 0.25) is 5.88 Å². The Morgan fingerprint density at radius 1 is 1.00 bits per heavy atom. The average Bonchev–Trinajstić information content (AvgIpc) is 2.61. The summed E-state index contributed by atoms with van der Waals surface area (Å²) < 4.78 is 5.92. The van der Waals surface area contributed by atoms with Crippen molar-refractivity contribution in [2.75, 3.05) is 7.11 Å². The molecule has 2 aromatic heterocycles. The van der Waals surface area contributed by atoms with Crippen LogP contribution in [0.2, 0.25) is 0 Å².